The van der Waals surface area contributed by atoms with Crippen LogP contribution in [0.4, 0.5) is 4.39 Å². The van der Waals surface area contributed by atoms with E-state index in [-0.39, 0.29) is 29.4 Å². The minimum Gasteiger partial charge on any atom is -0.351 e. The molecule has 162 valence electrons. The summed E-state index contributed by atoms with van der Waals surface area (Å²) in [5, 5.41) is 8.64. The Hall–Kier alpha value is -2.35. The van der Waals surface area contributed by atoms with Crippen LogP contribution in [0.1, 0.15) is 74.5 Å². The predicted octanol–water partition coefficient (Wildman–Crippen LogP) is 4.36. The molecule has 2 aromatic rings. The van der Waals surface area contributed by atoms with E-state index in [4.69, 9.17) is 0 Å². The highest BCUT2D eigenvalue weighted by atomic mass is 32.1. The lowest BCUT2D eigenvalue weighted by atomic mass is 9.94. The number of rotatable bonds is 8. The van der Waals surface area contributed by atoms with Gasteiger partial charge < -0.3 is 10.2 Å². The molecule has 1 saturated carbocycles. The van der Waals surface area contributed by atoms with Crippen LogP contribution in [-0.4, -0.2) is 38.9 Å². The highest BCUT2D eigenvalue weighted by Gasteiger charge is 2.34. The number of nitrogens with zero attached hydrogens (tertiary/aromatic N) is 3. The predicted molar refractivity (Wildman–Crippen MR) is 115 cm³/mol. The van der Waals surface area contributed by atoms with Crippen molar-refractivity contribution in [1.82, 2.24) is 19.8 Å². The van der Waals surface area contributed by atoms with E-state index in [1.54, 1.807) is 22.4 Å². The number of benzene rings is 1. The first-order valence-electron chi connectivity index (χ1n) is 10.6. The van der Waals surface area contributed by atoms with Crippen LogP contribution in [0.15, 0.2) is 29.6 Å². The molecule has 1 fully saturated rings. The Bertz CT molecular complexity index is 820. The maximum atomic E-state index is 13.6. The van der Waals surface area contributed by atoms with Crippen LogP contribution >= 0.6 is 11.5 Å². The topological polar surface area (TPSA) is 75.2 Å². The first-order chi connectivity index (χ1) is 14.5. The van der Waals surface area contributed by atoms with E-state index < -0.39 is 6.04 Å². The zero-order valence-electron chi connectivity index (χ0n) is 17.5. The summed E-state index contributed by atoms with van der Waals surface area (Å²) in [4.78, 5) is 28.3. The third-order valence-corrected chi connectivity index (χ3v) is 5.99. The number of halogens is 1. The van der Waals surface area contributed by atoms with Crippen molar-refractivity contribution in [2.75, 3.05) is 6.54 Å². The molecule has 6 nitrogen and oxygen atoms in total. The van der Waals surface area contributed by atoms with Crippen molar-refractivity contribution < 1.29 is 14.0 Å². The molecular formula is C22H29FN4O2S. The number of hydrogen-bond acceptors (Lipinski definition) is 5. The molecule has 0 unspecified atom stereocenters. The van der Waals surface area contributed by atoms with Gasteiger partial charge in [0.25, 0.3) is 5.91 Å². The lowest BCUT2D eigenvalue weighted by Crippen LogP contribution is -2.47. The number of aromatic nitrogens is 2. The number of amides is 2. The number of hydrogen-bond donors (Lipinski definition) is 1. The highest BCUT2D eigenvalue weighted by Crippen LogP contribution is 2.26. The van der Waals surface area contributed by atoms with Crippen LogP contribution in [-0.2, 0) is 4.79 Å². The second kappa shape index (κ2) is 10.6. The van der Waals surface area contributed by atoms with Crippen molar-refractivity contribution in [2.24, 2.45) is 5.92 Å². The van der Waals surface area contributed by atoms with Crippen LogP contribution < -0.4 is 5.32 Å². The zero-order valence-corrected chi connectivity index (χ0v) is 18.3. The van der Waals surface area contributed by atoms with Crippen molar-refractivity contribution in [3.8, 4) is 0 Å². The lowest BCUT2D eigenvalue weighted by Gasteiger charge is -2.33. The lowest BCUT2D eigenvalue weighted by molar-refractivity contribution is -0.127. The van der Waals surface area contributed by atoms with Gasteiger partial charge in [0.1, 0.15) is 11.9 Å². The number of nitrogens with one attached hydrogen (secondary N) is 1. The van der Waals surface area contributed by atoms with Gasteiger partial charge in [-0.2, -0.15) is 0 Å². The third kappa shape index (κ3) is 5.84. The molecular weight excluding hydrogens is 403 g/mol. The summed E-state index contributed by atoms with van der Waals surface area (Å²) in [6.45, 7) is 4.54. The van der Waals surface area contributed by atoms with Crippen LogP contribution in [0.5, 0.6) is 0 Å². The summed E-state index contributed by atoms with van der Waals surface area (Å²) in [5.74, 6) is -0.593. The highest BCUT2D eigenvalue weighted by molar-refractivity contribution is 7.03. The fourth-order valence-electron chi connectivity index (χ4n) is 3.80. The second-order valence-corrected chi connectivity index (χ2v) is 8.88. The first-order valence-corrected chi connectivity index (χ1v) is 11.4. The largest absolute Gasteiger partial charge is 0.351 e. The normalized spacial score (nSPS) is 15.7. The molecule has 3 rings (SSSR count). The quantitative estimate of drug-likeness (QED) is 0.673. The van der Waals surface area contributed by atoms with E-state index in [1.807, 2.05) is 0 Å². The molecule has 0 spiro atoms. The summed E-state index contributed by atoms with van der Waals surface area (Å²) in [6.07, 6.45) is 5.98. The molecule has 1 heterocycles. The molecule has 2 amide bonds. The summed E-state index contributed by atoms with van der Waals surface area (Å²) in [5.41, 5.74) is 0.811. The molecule has 0 saturated heterocycles. The average Bonchev–Trinajstić information content (AvgIpc) is 3.27. The summed E-state index contributed by atoms with van der Waals surface area (Å²) in [7, 11) is 0. The van der Waals surface area contributed by atoms with E-state index in [2.05, 4.69) is 28.8 Å². The van der Waals surface area contributed by atoms with E-state index >= 15 is 0 Å². The van der Waals surface area contributed by atoms with Gasteiger partial charge in [0.05, 0.1) is 0 Å². The smallest absolute Gasteiger partial charge is 0.276 e. The second-order valence-electron chi connectivity index (χ2n) is 8.27. The van der Waals surface area contributed by atoms with Crippen molar-refractivity contribution in [2.45, 2.75) is 64.5 Å². The molecule has 0 bridgehead atoms. The number of carbonyl (C=O) groups is 2. The molecule has 1 aromatic carbocycles. The fourth-order valence-corrected chi connectivity index (χ4v) is 4.23. The van der Waals surface area contributed by atoms with Gasteiger partial charge in [-0.1, -0.05) is 49.7 Å². The van der Waals surface area contributed by atoms with Gasteiger partial charge in [0, 0.05) is 18.0 Å². The monoisotopic (exact) mass is 432 g/mol. The van der Waals surface area contributed by atoms with Gasteiger partial charge in [-0.25, -0.2) is 4.39 Å². The van der Waals surface area contributed by atoms with Crippen molar-refractivity contribution in [1.29, 1.82) is 0 Å². The molecule has 30 heavy (non-hydrogen) atoms. The molecule has 1 aliphatic carbocycles. The van der Waals surface area contributed by atoms with Crippen LogP contribution in [0, 0.1) is 11.7 Å². The average molecular weight is 433 g/mol. The molecule has 8 heteroatoms. The Morgan fingerprint density at radius 3 is 2.50 bits per heavy atom. The Kier molecular flexibility index (Phi) is 7.90. The minimum atomic E-state index is -0.847. The molecule has 1 N–H and O–H groups in total. The van der Waals surface area contributed by atoms with Crippen LogP contribution in [0.3, 0.4) is 0 Å². The van der Waals surface area contributed by atoms with Gasteiger partial charge in [-0.15, -0.1) is 5.10 Å². The van der Waals surface area contributed by atoms with Crippen molar-refractivity contribution in [3.63, 3.8) is 0 Å². The van der Waals surface area contributed by atoms with Crippen LogP contribution in [0.2, 0.25) is 0 Å². The van der Waals surface area contributed by atoms with E-state index in [0.717, 1.165) is 43.6 Å². The van der Waals surface area contributed by atoms with Gasteiger partial charge in [-0.05, 0) is 54.4 Å². The Morgan fingerprint density at radius 2 is 1.90 bits per heavy atom. The van der Waals surface area contributed by atoms with Crippen molar-refractivity contribution >= 4 is 23.3 Å². The third-order valence-electron chi connectivity index (χ3n) is 5.48. The Balaban J connectivity index is 1.93. The summed E-state index contributed by atoms with van der Waals surface area (Å²) < 4.78 is 17.4. The fraction of sp³-hybridized carbons (Fsp3) is 0.545. The SMILES string of the molecule is CC(C)CCN(C(=O)c1csnn1)[C@H](C(=O)NC1CCCCC1)c1ccc(F)cc1. The Morgan fingerprint density at radius 1 is 1.20 bits per heavy atom. The molecule has 1 aliphatic rings. The first kappa shape index (κ1) is 22.3. The molecule has 1 atom stereocenters. The molecule has 0 radical (unpaired) electrons. The summed E-state index contributed by atoms with van der Waals surface area (Å²) in [6, 6.07) is 5.07. The zero-order chi connectivity index (χ0) is 21.5. The van der Waals surface area contributed by atoms with Crippen LogP contribution in [0.25, 0.3) is 0 Å². The van der Waals surface area contributed by atoms with Gasteiger partial charge >= 0.3 is 0 Å². The van der Waals surface area contributed by atoms with Gasteiger partial charge in [0.15, 0.2) is 5.69 Å². The van der Waals surface area contributed by atoms with E-state index in [9.17, 15) is 14.0 Å². The maximum absolute atomic E-state index is 13.6. The van der Waals surface area contributed by atoms with E-state index in [0.29, 0.717) is 18.0 Å². The molecule has 1 aromatic heterocycles. The van der Waals surface area contributed by atoms with Gasteiger partial charge in [0.2, 0.25) is 5.91 Å². The summed E-state index contributed by atoms with van der Waals surface area (Å²) >= 11 is 1.10. The Labute approximate surface area is 181 Å². The number of carbonyl (C=O) groups excluding carboxylic acids is 2. The van der Waals surface area contributed by atoms with Crippen molar-refractivity contribution in [3.05, 3.63) is 46.7 Å². The molecule has 0 aliphatic heterocycles. The standard InChI is InChI=1S/C22H29FN4O2S/c1-15(2)12-13-27(22(29)19-14-30-26-25-19)20(16-8-10-17(23)11-9-16)21(28)24-18-6-4-3-5-7-18/h8-11,14-15,18,20H,3-7,12-13H2,1-2H3,(H,24,28)/t20-/m0/s1. The maximum Gasteiger partial charge on any atom is 0.276 e. The minimum absolute atomic E-state index is 0.109. The van der Waals surface area contributed by atoms with Gasteiger partial charge in [-0.3, -0.25) is 9.59 Å². The van der Waals surface area contributed by atoms with E-state index in [1.165, 1.54) is 18.6 Å².